The second-order valence-electron chi connectivity index (χ2n) is 33.6. The third kappa shape index (κ3) is 84.0. The van der Waals surface area contributed by atoms with Crippen molar-refractivity contribution in [2.24, 2.45) is 11.8 Å². The molecular formula is C91H178O17P2. The molecule has 110 heavy (non-hydrogen) atoms. The number of esters is 4. The van der Waals surface area contributed by atoms with Crippen LogP contribution in [0, 0.1) is 11.8 Å². The summed E-state index contributed by atoms with van der Waals surface area (Å²) in [4.78, 5) is 73.4. The van der Waals surface area contributed by atoms with E-state index >= 15 is 0 Å². The van der Waals surface area contributed by atoms with Gasteiger partial charge in [0, 0.05) is 25.7 Å². The van der Waals surface area contributed by atoms with Gasteiger partial charge < -0.3 is 33.8 Å². The summed E-state index contributed by atoms with van der Waals surface area (Å²) in [5.74, 6) is -0.531. The minimum atomic E-state index is -4.97. The van der Waals surface area contributed by atoms with Crippen molar-refractivity contribution in [2.45, 2.75) is 509 Å². The van der Waals surface area contributed by atoms with E-state index in [2.05, 4.69) is 41.5 Å². The third-order valence-corrected chi connectivity index (χ3v) is 23.4. The standard InChI is InChI=1S/C91H178O17P2/c1-7-9-11-13-15-17-19-21-23-25-27-32-35-39-43-49-55-61-67-73-88(93)101-79-86(107-90(95)75-70-64-58-51-45-41-37-33-29-28-30-34-38-42-47-53-59-65-71-83(3)4)81-105-109(97,98)103-77-85(92)78-104-110(99,100)106-82-87(80-102-89(94)74-68-62-56-52-46-48-54-60-66-72-84(5)6)108-91(96)76-69-63-57-50-44-40-36-31-26-24-22-20-18-16-14-12-10-8-2/h83-87,92H,7-82H2,1-6H3,(H,97,98)(H,99,100)/t85-,86-,87-/m1/s1. The molecule has 0 spiro atoms. The van der Waals surface area contributed by atoms with Crippen molar-refractivity contribution in [1.82, 2.24) is 0 Å². The van der Waals surface area contributed by atoms with Crippen LogP contribution >= 0.6 is 15.6 Å². The van der Waals surface area contributed by atoms with Crippen molar-refractivity contribution in [3.63, 3.8) is 0 Å². The van der Waals surface area contributed by atoms with Gasteiger partial charge in [-0.15, -0.1) is 0 Å². The predicted octanol–water partition coefficient (Wildman–Crippen LogP) is 28.2. The lowest BCUT2D eigenvalue weighted by molar-refractivity contribution is -0.161. The van der Waals surface area contributed by atoms with E-state index in [1.165, 1.54) is 308 Å². The molecule has 0 heterocycles. The van der Waals surface area contributed by atoms with Gasteiger partial charge >= 0.3 is 39.5 Å². The molecule has 0 fully saturated rings. The first-order chi connectivity index (χ1) is 53.4. The average Bonchev–Trinajstić information content (AvgIpc) is 0.898. The Hall–Kier alpha value is -1.94. The maximum Gasteiger partial charge on any atom is 0.472 e. The molecule has 19 heteroatoms. The molecule has 0 rings (SSSR count). The zero-order valence-electron chi connectivity index (χ0n) is 72.6. The Morgan fingerprint density at radius 1 is 0.245 bits per heavy atom. The lowest BCUT2D eigenvalue weighted by Gasteiger charge is -2.21. The van der Waals surface area contributed by atoms with Crippen LogP contribution in [0.15, 0.2) is 0 Å². The Kier molecular flexibility index (Phi) is 80.7. The van der Waals surface area contributed by atoms with Crippen molar-refractivity contribution in [2.75, 3.05) is 39.6 Å². The van der Waals surface area contributed by atoms with Crippen LogP contribution in [0.1, 0.15) is 491 Å². The summed E-state index contributed by atoms with van der Waals surface area (Å²) in [6, 6.07) is 0. The van der Waals surface area contributed by atoms with E-state index < -0.39 is 97.5 Å². The summed E-state index contributed by atoms with van der Waals surface area (Å²) in [7, 11) is -9.94. The van der Waals surface area contributed by atoms with Crippen molar-refractivity contribution in [3.05, 3.63) is 0 Å². The number of hydrogen-bond acceptors (Lipinski definition) is 15. The number of hydrogen-bond donors (Lipinski definition) is 3. The number of phosphoric ester groups is 2. The van der Waals surface area contributed by atoms with E-state index in [1.807, 2.05) is 0 Å². The molecule has 0 radical (unpaired) electrons. The van der Waals surface area contributed by atoms with E-state index in [-0.39, 0.29) is 25.7 Å². The van der Waals surface area contributed by atoms with Gasteiger partial charge in [-0.1, -0.05) is 440 Å². The van der Waals surface area contributed by atoms with Crippen LogP contribution in [0.2, 0.25) is 0 Å². The minimum absolute atomic E-state index is 0.109. The molecule has 0 aromatic carbocycles. The highest BCUT2D eigenvalue weighted by Crippen LogP contribution is 2.45. The zero-order chi connectivity index (χ0) is 80.6. The van der Waals surface area contributed by atoms with Crippen molar-refractivity contribution in [3.8, 4) is 0 Å². The van der Waals surface area contributed by atoms with Gasteiger partial charge in [0.25, 0.3) is 0 Å². The summed E-state index contributed by atoms with van der Waals surface area (Å²) in [5, 5.41) is 10.7. The number of phosphoric acid groups is 2. The first kappa shape index (κ1) is 108. The largest absolute Gasteiger partial charge is 0.472 e. The number of ether oxygens (including phenoxy) is 4. The fourth-order valence-corrected chi connectivity index (χ4v) is 15.9. The molecule has 0 amide bonds. The van der Waals surface area contributed by atoms with Crippen LogP contribution in [0.3, 0.4) is 0 Å². The molecule has 0 aromatic rings. The van der Waals surface area contributed by atoms with Gasteiger partial charge in [0.05, 0.1) is 26.4 Å². The van der Waals surface area contributed by atoms with Crippen LogP contribution in [0.5, 0.6) is 0 Å². The summed E-state index contributed by atoms with van der Waals surface area (Å²) in [6.07, 6.45) is 76.5. The van der Waals surface area contributed by atoms with Gasteiger partial charge in [-0.3, -0.25) is 37.3 Å². The number of carbonyl (C=O) groups is 4. The van der Waals surface area contributed by atoms with Crippen molar-refractivity contribution >= 4 is 39.5 Å². The second kappa shape index (κ2) is 82.2. The molecule has 0 aliphatic carbocycles. The van der Waals surface area contributed by atoms with E-state index in [0.717, 1.165) is 102 Å². The Bertz CT molecular complexity index is 2100. The predicted molar refractivity (Wildman–Crippen MR) is 455 cm³/mol. The quantitative estimate of drug-likeness (QED) is 0.0222. The van der Waals surface area contributed by atoms with E-state index in [0.29, 0.717) is 25.7 Å². The molecule has 0 saturated carbocycles. The average molecular weight is 1610 g/mol. The first-order valence-corrected chi connectivity index (χ1v) is 50.0. The van der Waals surface area contributed by atoms with E-state index in [1.54, 1.807) is 0 Å². The lowest BCUT2D eigenvalue weighted by Crippen LogP contribution is -2.30. The molecule has 0 aliphatic rings. The SMILES string of the molecule is CCCCCCCCCCCCCCCCCCCCCC(=O)OC[C@H](COP(=O)(O)OC[C@@H](O)COP(=O)(O)OC[C@@H](COC(=O)CCCCCCCCCCCC(C)C)OC(=O)CCCCCCCCCCCCCCCCCCCC)OC(=O)CCCCCCCCCCCCCCCCCCCCC(C)C. The van der Waals surface area contributed by atoms with Gasteiger partial charge in [0.15, 0.2) is 12.2 Å². The topological polar surface area (TPSA) is 237 Å². The van der Waals surface area contributed by atoms with Gasteiger partial charge in [-0.25, -0.2) is 9.13 Å². The zero-order valence-corrected chi connectivity index (χ0v) is 74.4. The normalized spacial score (nSPS) is 13.7. The third-order valence-electron chi connectivity index (χ3n) is 21.5. The number of aliphatic hydroxyl groups is 1. The summed E-state index contributed by atoms with van der Waals surface area (Å²) in [6.45, 7) is 9.73. The fraction of sp³-hybridized carbons (Fsp3) is 0.956. The highest BCUT2D eigenvalue weighted by atomic mass is 31.2. The monoisotopic (exact) mass is 1610 g/mol. The molecule has 5 atom stereocenters. The van der Waals surface area contributed by atoms with Gasteiger partial charge in [-0.05, 0) is 37.5 Å². The highest BCUT2D eigenvalue weighted by Gasteiger charge is 2.31. The van der Waals surface area contributed by atoms with Crippen LogP contribution in [-0.2, 0) is 65.4 Å². The van der Waals surface area contributed by atoms with Crippen LogP contribution in [0.4, 0.5) is 0 Å². The smallest absolute Gasteiger partial charge is 0.462 e. The minimum Gasteiger partial charge on any atom is -0.462 e. The van der Waals surface area contributed by atoms with Crippen LogP contribution in [-0.4, -0.2) is 96.7 Å². The Morgan fingerprint density at radius 2 is 0.418 bits per heavy atom. The van der Waals surface area contributed by atoms with Crippen molar-refractivity contribution < 1.29 is 80.2 Å². The Balaban J connectivity index is 5.25. The Labute approximate surface area is 677 Å². The molecule has 654 valence electrons. The molecule has 0 aromatic heterocycles. The molecule has 2 unspecified atom stereocenters. The van der Waals surface area contributed by atoms with E-state index in [9.17, 15) is 43.2 Å². The molecular weight excluding hydrogens is 1430 g/mol. The summed E-state index contributed by atoms with van der Waals surface area (Å²) in [5.41, 5.74) is 0. The maximum absolute atomic E-state index is 13.2. The number of rotatable bonds is 90. The van der Waals surface area contributed by atoms with E-state index in [4.69, 9.17) is 37.0 Å². The van der Waals surface area contributed by atoms with Gasteiger partial charge in [-0.2, -0.15) is 0 Å². The Morgan fingerprint density at radius 3 is 0.618 bits per heavy atom. The van der Waals surface area contributed by atoms with Crippen LogP contribution in [0.25, 0.3) is 0 Å². The van der Waals surface area contributed by atoms with Crippen molar-refractivity contribution in [1.29, 1.82) is 0 Å². The highest BCUT2D eigenvalue weighted by molar-refractivity contribution is 7.47. The fourth-order valence-electron chi connectivity index (χ4n) is 14.3. The number of carbonyl (C=O) groups excluding carboxylic acids is 4. The molecule has 17 nitrogen and oxygen atoms in total. The summed E-state index contributed by atoms with van der Waals surface area (Å²) >= 11 is 0. The summed E-state index contributed by atoms with van der Waals surface area (Å²) < 4.78 is 69.1. The van der Waals surface area contributed by atoms with Gasteiger partial charge in [0.1, 0.15) is 19.3 Å². The molecule has 0 bridgehead atoms. The molecule has 0 aliphatic heterocycles. The second-order valence-corrected chi connectivity index (χ2v) is 36.6. The lowest BCUT2D eigenvalue weighted by atomic mass is 10.0. The van der Waals surface area contributed by atoms with Crippen LogP contribution < -0.4 is 0 Å². The number of unbranched alkanes of at least 4 members (excludes halogenated alkanes) is 60. The first-order valence-electron chi connectivity index (χ1n) is 47.0. The molecule has 0 saturated heterocycles. The molecule has 3 N–H and O–H groups in total. The van der Waals surface area contributed by atoms with Gasteiger partial charge in [0.2, 0.25) is 0 Å². The maximum atomic E-state index is 13.2. The number of aliphatic hydroxyl groups excluding tert-OH is 1.